The number of rotatable bonds is 4. The zero-order valence-electron chi connectivity index (χ0n) is 8.73. The molecule has 0 saturated carbocycles. The van der Waals surface area contributed by atoms with E-state index in [4.69, 9.17) is 11.2 Å². The lowest BCUT2D eigenvalue weighted by molar-refractivity contribution is -0.126. The molecule has 0 saturated heterocycles. The van der Waals surface area contributed by atoms with E-state index < -0.39 is 6.10 Å². The van der Waals surface area contributed by atoms with Crippen LogP contribution in [0.2, 0.25) is 0 Å². The lowest BCUT2D eigenvalue weighted by atomic mass is 10.3. The number of aromatic nitrogens is 2. The molecule has 1 unspecified atom stereocenters. The SMILES string of the molecule is C#CCNC(=O)C(C)Oc1cnn(C)c1. The maximum atomic E-state index is 11.4. The first-order valence-electron chi connectivity index (χ1n) is 4.50. The van der Waals surface area contributed by atoms with Crippen molar-refractivity contribution in [1.82, 2.24) is 15.1 Å². The van der Waals surface area contributed by atoms with E-state index in [0.717, 1.165) is 0 Å². The van der Waals surface area contributed by atoms with Crippen molar-refractivity contribution in [3.63, 3.8) is 0 Å². The number of amides is 1. The summed E-state index contributed by atoms with van der Waals surface area (Å²) in [5, 5.41) is 6.45. The quantitative estimate of drug-likeness (QED) is 0.703. The zero-order chi connectivity index (χ0) is 11.3. The highest BCUT2D eigenvalue weighted by atomic mass is 16.5. The molecule has 0 aliphatic heterocycles. The molecule has 1 aromatic rings. The first-order valence-corrected chi connectivity index (χ1v) is 4.50. The number of hydrogen-bond acceptors (Lipinski definition) is 3. The van der Waals surface area contributed by atoms with Crippen molar-refractivity contribution in [3.05, 3.63) is 12.4 Å². The van der Waals surface area contributed by atoms with Crippen LogP contribution < -0.4 is 10.1 Å². The Morgan fingerprint density at radius 2 is 2.60 bits per heavy atom. The van der Waals surface area contributed by atoms with E-state index in [1.165, 1.54) is 0 Å². The summed E-state index contributed by atoms with van der Waals surface area (Å²) in [7, 11) is 1.77. The van der Waals surface area contributed by atoms with Crippen molar-refractivity contribution < 1.29 is 9.53 Å². The van der Waals surface area contributed by atoms with Gasteiger partial charge in [0.15, 0.2) is 11.9 Å². The standard InChI is InChI=1S/C10H13N3O2/c1-4-5-11-10(14)8(2)15-9-6-12-13(3)7-9/h1,6-8H,5H2,2-3H3,(H,11,14). The first kappa shape index (κ1) is 11.1. The fourth-order valence-electron chi connectivity index (χ4n) is 0.999. The van der Waals surface area contributed by atoms with Gasteiger partial charge in [0.1, 0.15) is 0 Å². The molecule has 1 aromatic heterocycles. The molecule has 0 bridgehead atoms. The van der Waals surface area contributed by atoms with E-state index in [0.29, 0.717) is 5.75 Å². The molecular weight excluding hydrogens is 194 g/mol. The van der Waals surface area contributed by atoms with E-state index in [1.807, 2.05) is 0 Å². The van der Waals surface area contributed by atoms with Crippen LogP contribution in [-0.2, 0) is 11.8 Å². The van der Waals surface area contributed by atoms with Gasteiger partial charge in [-0.25, -0.2) is 0 Å². The van der Waals surface area contributed by atoms with Gasteiger partial charge in [0.25, 0.3) is 5.91 Å². The molecule has 15 heavy (non-hydrogen) atoms. The minimum atomic E-state index is -0.581. The number of terminal acetylenes is 1. The van der Waals surface area contributed by atoms with Crippen LogP contribution in [0, 0.1) is 12.3 Å². The molecule has 1 atom stereocenters. The third kappa shape index (κ3) is 3.35. The average molecular weight is 207 g/mol. The van der Waals surface area contributed by atoms with Crippen LogP contribution in [0.25, 0.3) is 0 Å². The van der Waals surface area contributed by atoms with Crippen molar-refractivity contribution in [2.24, 2.45) is 7.05 Å². The summed E-state index contributed by atoms with van der Waals surface area (Å²) in [6.07, 6.45) is 7.67. The first-order chi connectivity index (χ1) is 7.13. The fourth-order valence-corrected chi connectivity index (χ4v) is 0.999. The van der Waals surface area contributed by atoms with Gasteiger partial charge in [-0.1, -0.05) is 5.92 Å². The zero-order valence-corrected chi connectivity index (χ0v) is 8.73. The molecule has 5 heteroatoms. The highest BCUT2D eigenvalue weighted by Crippen LogP contribution is 2.09. The van der Waals surface area contributed by atoms with Gasteiger partial charge in [0, 0.05) is 7.05 Å². The highest BCUT2D eigenvalue weighted by Gasteiger charge is 2.14. The molecule has 1 heterocycles. The molecule has 1 amide bonds. The lowest BCUT2D eigenvalue weighted by Gasteiger charge is -2.11. The van der Waals surface area contributed by atoms with Crippen LogP contribution in [0.5, 0.6) is 5.75 Å². The van der Waals surface area contributed by atoms with Crippen molar-refractivity contribution >= 4 is 5.91 Å². The highest BCUT2D eigenvalue weighted by molar-refractivity contribution is 5.80. The van der Waals surface area contributed by atoms with Crippen molar-refractivity contribution in [2.45, 2.75) is 13.0 Å². The number of ether oxygens (including phenoxy) is 1. The molecule has 0 aromatic carbocycles. The molecule has 0 radical (unpaired) electrons. The van der Waals surface area contributed by atoms with Crippen LogP contribution in [0.1, 0.15) is 6.92 Å². The molecule has 80 valence electrons. The minimum Gasteiger partial charge on any atom is -0.478 e. The Morgan fingerprint density at radius 3 is 3.13 bits per heavy atom. The topological polar surface area (TPSA) is 56.1 Å². The summed E-state index contributed by atoms with van der Waals surface area (Å²) in [4.78, 5) is 11.4. The fraction of sp³-hybridized carbons (Fsp3) is 0.400. The second kappa shape index (κ2) is 5.05. The number of nitrogens with one attached hydrogen (secondary N) is 1. The maximum Gasteiger partial charge on any atom is 0.261 e. The van der Waals surface area contributed by atoms with E-state index >= 15 is 0 Å². The Morgan fingerprint density at radius 1 is 1.87 bits per heavy atom. The van der Waals surface area contributed by atoms with Crippen molar-refractivity contribution in [2.75, 3.05) is 6.54 Å². The third-order valence-electron chi connectivity index (χ3n) is 1.73. The lowest BCUT2D eigenvalue weighted by Crippen LogP contribution is -2.36. The molecule has 1 N–H and O–H groups in total. The Kier molecular flexibility index (Phi) is 3.75. The van der Waals surface area contributed by atoms with Crippen LogP contribution in [0.4, 0.5) is 0 Å². The van der Waals surface area contributed by atoms with Crippen molar-refractivity contribution in [1.29, 1.82) is 0 Å². The molecule has 0 fully saturated rings. The van der Waals surface area contributed by atoms with Gasteiger partial charge in [0.05, 0.1) is 18.9 Å². The monoisotopic (exact) mass is 207 g/mol. The van der Waals surface area contributed by atoms with Gasteiger partial charge >= 0.3 is 0 Å². The van der Waals surface area contributed by atoms with Gasteiger partial charge < -0.3 is 10.1 Å². The average Bonchev–Trinajstić information content (AvgIpc) is 2.60. The Balaban J connectivity index is 2.45. The van der Waals surface area contributed by atoms with Crippen molar-refractivity contribution in [3.8, 4) is 18.1 Å². The van der Waals surface area contributed by atoms with Gasteiger partial charge in [-0.3, -0.25) is 9.48 Å². The molecule has 0 aliphatic carbocycles. The second-order valence-electron chi connectivity index (χ2n) is 3.03. The maximum absolute atomic E-state index is 11.4. The van der Waals surface area contributed by atoms with E-state index in [1.54, 1.807) is 31.0 Å². The minimum absolute atomic E-state index is 0.208. The third-order valence-corrected chi connectivity index (χ3v) is 1.73. The Bertz CT molecular complexity index is 378. The molecule has 0 aliphatic rings. The van der Waals surface area contributed by atoms with E-state index in [2.05, 4.69) is 16.3 Å². The summed E-state index contributed by atoms with van der Waals surface area (Å²) in [5.41, 5.74) is 0. The molecule has 0 spiro atoms. The summed E-state index contributed by atoms with van der Waals surface area (Å²) in [6.45, 7) is 1.86. The number of aryl methyl sites for hydroxylation is 1. The van der Waals surface area contributed by atoms with E-state index in [-0.39, 0.29) is 12.5 Å². The summed E-state index contributed by atoms with van der Waals surface area (Å²) in [6, 6.07) is 0. The molecule has 1 rings (SSSR count). The number of hydrogen-bond donors (Lipinski definition) is 1. The number of carbonyl (C=O) groups is 1. The van der Waals surface area contributed by atoms with Gasteiger partial charge in [-0.05, 0) is 6.92 Å². The van der Waals surface area contributed by atoms with Gasteiger partial charge in [-0.2, -0.15) is 5.10 Å². The number of carbonyl (C=O) groups excluding carboxylic acids is 1. The van der Waals surface area contributed by atoms with Gasteiger partial charge in [0.2, 0.25) is 0 Å². The Hall–Kier alpha value is -1.96. The van der Waals surface area contributed by atoms with Crippen LogP contribution >= 0.6 is 0 Å². The van der Waals surface area contributed by atoms with Gasteiger partial charge in [-0.15, -0.1) is 6.42 Å². The normalized spacial score (nSPS) is 11.5. The predicted octanol–water partition coefficient (Wildman–Crippen LogP) is -0.0632. The molecular formula is C10H13N3O2. The molecule has 5 nitrogen and oxygen atoms in total. The summed E-state index contributed by atoms with van der Waals surface area (Å²) < 4.78 is 6.93. The summed E-state index contributed by atoms with van der Waals surface area (Å²) in [5.74, 6) is 2.63. The second-order valence-corrected chi connectivity index (χ2v) is 3.03. The Labute approximate surface area is 88.4 Å². The van der Waals surface area contributed by atoms with E-state index in [9.17, 15) is 4.79 Å². The number of nitrogens with zero attached hydrogens (tertiary/aromatic N) is 2. The largest absolute Gasteiger partial charge is 0.478 e. The predicted molar refractivity (Wildman–Crippen MR) is 55.1 cm³/mol. The van der Waals surface area contributed by atoms with Crippen LogP contribution in [0.3, 0.4) is 0 Å². The van der Waals surface area contributed by atoms with Crippen LogP contribution in [-0.4, -0.2) is 28.3 Å². The van der Waals surface area contributed by atoms with Crippen LogP contribution in [0.15, 0.2) is 12.4 Å². The summed E-state index contributed by atoms with van der Waals surface area (Å²) >= 11 is 0. The smallest absolute Gasteiger partial charge is 0.261 e.